The van der Waals surface area contributed by atoms with E-state index in [0.29, 0.717) is 0 Å². The van der Waals surface area contributed by atoms with Gasteiger partial charge in [-0.3, -0.25) is 0 Å². The summed E-state index contributed by atoms with van der Waals surface area (Å²) in [5, 5.41) is 0. The van der Waals surface area contributed by atoms with E-state index in [-0.39, 0.29) is 20.4 Å². The molecule has 0 unspecified atom stereocenters. The summed E-state index contributed by atoms with van der Waals surface area (Å²) in [5.74, 6) is 0. The summed E-state index contributed by atoms with van der Waals surface area (Å²) in [6.45, 7) is 0. The molecule has 0 aliphatic rings. The van der Waals surface area contributed by atoms with Crippen LogP contribution in [0.25, 0.3) is 0 Å². The molecule has 0 rings (SSSR count). The van der Waals surface area contributed by atoms with Crippen LogP contribution in [0, 0.1) is 0 Å². The summed E-state index contributed by atoms with van der Waals surface area (Å²) in [5.41, 5.74) is 0. The Bertz CT molecular complexity index is 11.6. The minimum Gasteiger partial charge on any atom is -0.854 e. The summed E-state index contributed by atoms with van der Waals surface area (Å²) in [6, 6.07) is 0. The number of hydrogen-bond acceptors (Lipinski definition) is 3. The van der Waals surface area contributed by atoms with Crippen molar-refractivity contribution >= 4 is 8.60 Å². The maximum Gasteiger partial charge on any atom is 0 e. The SMILES string of the molecule is [O-]P([O-])[O-].[Pd]. The molecule has 5 heteroatoms. The molecule has 0 N–H and O–H groups in total. The van der Waals surface area contributed by atoms with Crippen molar-refractivity contribution in [1.82, 2.24) is 0 Å². The summed E-state index contributed by atoms with van der Waals surface area (Å²) >= 11 is 0. The van der Waals surface area contributed by atoms with Crippen molar-refractivity contribution in [2.75, 3.05) is 0 Å². The van der Waals surface area contributed by atoms with E-state index in [2.05, 4.69) is 0 Å². The van der Waals surface area contributed by atoms with Crippen LogP contribution in [0.4, 0.5) is 0 Å². The Balaban J connectivity index is 0. The molecule has 3 nitrogen and oxygen atoms in total. The van der Waals surface area contributed by atoms with Gasteiger partial charge in [0.05, 0.1) is 0 Å². The fourth-order valence-corrected chi connectivity index (χ4v) is 0. The van der Waals surface area contributed by atoms with Crippen molar-refractivity contribution in [3.8, 4) is 0 Å². The molecule has 0 aromatic rings. The molecule has 0 aromatic heterocycles. The zero-order chi connectivity index (χ0) is 3.58. The normalized spacial score (nSPS) is 7.20. The van der Waals surface area contributed by atoms with Crippen LogP contribution in [0.2, 0.25) is 0 Å². The third-order valence-electron chi connectivity index (χ3n) is 0. The van der Waals surface area contributed by atoms with E-state index in [1.54, 1.807) is 0 Å². The van der Waals surface area contributed by atoms with Crippen LogP contribution in [0.15, 0.2) is 0 Å². The molecule has 0 aliphatic carbocycles. The minimum absolute atomic E-state index is 0. The minimum atomic E-state index is -3.37. The van der Waals surface area contributed by atoms with Crippen LogP contribution in [0.3, 0.4) is 0 Å². The Hall–Kier alpha value is 0.972. The standard InChI is InChI=1S/O3P.Pd/c1-4(2)3;/q-3;. The van der Waals surface area contributed by atoms with Gasteiger partial charge in [0, 0.05) is 20.4 Å². The van der Waals surface area contributed by atoms with E-state index in [9.17, 15) is 0 Å². The van der Waals surface area contributed by atoms with Gasteiger partial charge in [-0.2, -0.15) is 0 Å². The van der Waals surface area contributed by atoms with Crippen molar-refractivity contribution in [2.45, 2.75) is 0 Å². The second kappa shape index (κ2) is 4.97. The zero-order valence-corrected chi connectivity index (χ0v) is 4.44. The van der Waals surface area contributed by atoms with Crippen molar-refractivity contribution in [1.29, 1.82) is 0 Å². The van der Waals surface area contributed by atoms with Crippen molar-refractivity contribution in [3.63, 3.8) is 0 Å². The van der Waals surface area contributed by atoms with Crippen molar-refractivity contribution in [2.24, 2.45) is 0 Å². The van der Waals surface area contributed by atoms with Crippen molar-refractivity contribution < 1.29 is 35.1 Å². The molecule has 0 spiro atoms. The van der Waals surface area contributed by atoms with Gasteiger partial charge >= 0.3 is 0 Å². The van der Waals surface area contributed by atoms with Gasteiger partial charge in [-0.25, -0.2) is 0 Å². The third-order valence-corrected chi connectivity index (χ3v) is 0. The van der Waals surface area contributed by atoms with Gasteiger partial charge in [0.25, 0.3) is 0 Å². The monoisotopic (exact) mass is 185 g/mol. The molecule has 0 aromatic carbocycles. The molecule has 0 saturated heterocycles. The molecule has 0 radical (unpaired) electrons. The molecule has 0 saturated carbocycles. The molecule has 36 valence electrons. The van der Waals surface area contributed by atoms with E-state index in [0.717, 1.165) is 0 Å². The van der Waals surface area contributed by atoms with Gasteiger partial charge < -0.3 is 23.3 Å². The first-order valence-electron chi connectivity index (χ1n) is 0.548. The first-order chi connectivity index (χ1) is 1.73. The van der Waals surface area contributed by atoms with E-state index in [4.69, 9.17) is 14.7 Å². The summed E-state index contributed by atoms with van der Waals surface area (Å²) in [6.07, 6.45) is 0. The summed E-state index contributed by atoms with van der Waals surface area (Å²) in [4.78, 5) is 25.4. The fraction of sp³-hybridized carbons (Fsp3) is 0. The van der Waals surface area contributed by atoms with E-state index in [1.807, 2.05) is 0 Å². The quantitative estimate of drug-likeness (QED) is 0.304. The smallest absolute Gasteiger partial charge is 0 e. The van der Waals surface area contributed by atoms with Gasteiger partial charge in [0.1, 0.15) is 0 Å². The number of hydrogen-bond donors (Lipinski definition) is 0. The van der Waals surface area contributed by atoms with Gasteiger partial charge in [-0.15, -0.1) is 0 Å². The third kappa shape index (κ3) is 46.5. The van der Waals surface area contributed by atoms with Crippen LogP contribution in [-0.2, 0) is 20.4 Å². The maximum atomic E-state index is 8.48. The van der Waals surface area contributed by atoms with E-state index >= 15 is 0 Å². The molecular formula is O3PPd-3. The maximum absolute atomic E-state index is 8.48. The van der Waals surface area contributed by atoms with Gasteiger partial charge in [0.2, 0.25) is 0 Å². The first-order valence-corrected chi connectivity index (χ1v) is 1.64. The van der Waals surface area contributed by atoms with Crippen LogP contribution in [0.5, 0.6) is 0 Å². The van der Waals surface area contributed by atoms with E-state index < -0.39 is 8.60 Å². The van der Waals surface area contributed by atoms with Gasteiger partial charge in [0.15, 0.2) is 0 Å². The van der Waals surface area contributed by atoms with E-state index in [1.165, 1.54) is 0 Å². The number of rotatable bonds is 0. The Morgan fingerprint density at radius 2 is 1.00 bits per heavy atom. The molecule has 0 heterocycles. The largest absolute Gasteiger partial charge is 0.854 e. The molecule has 0 bridgehead atoms. The predicted molar refractivity (Wildman–Crippen MR) is 6.92 cm³/mol. The molecule has 0 fully saturated rings. The topological polar surface area (TPSA) is 69.2 Å². The van der Waals surface area contributed by atoms with Gasteiger partial charge in [-0.1, -0.05) is 0 Å². The predicted octanol–water partition coefficient (Wildman–Crippen LogP) is -2.71. The zero-order valence-electron chi connectivity index (χ0n) is 1.99. The van der Waals surface area contributed by atoms with Crippen LogP contribution in [-0.4, -0.2) is 0 Å². The second-order valence-corrected chi connectivity index (χ2v) is 0.671. The Morgan fingerprint density at radius 1 is 1.00 bits per heavy atom. The average Bonchev–Trinajstić information content (AvgIpc) is 0.811. The molecule has 5 heavy (non-hydrogen) atoms. The summed E-state index contributed by atoms with van der Waals surface area (Å²) < 4.78 is 0. The Morgan fingerprint density at radius 3 is 1.00 bits per heavy atom. The second-order valence-electron chi connectivity index (χ2n) is 0.224. The van der Waals surface area contributed by atoms with Crippen LogP contribution >= 0.6 is 8.60 Å². The van der Waals surface area contributed by atoms with Crippen molar-refractivity contribution in [3.05, 3.63) is 0 Å². The van der Waals surface area contributed by atoms with Crippen LogP contribution < -0.4 is 14.7 Å². The molecule has 0 aliphatic heterocycles. The summed E-state index contributed by atoms with van der Waals surface area (Å²) in [7, 11) is -3.37. The molecule has 0 atom stereocenters. The molecular weight excluding hydrogens is 185 g/mol. The molecule has 0 amide bonds. The van der Waals surface area contributed by atoms with Crippen LogP contribution in [0.1, 0.15) is 0 Å². The average molecular weight is 185 g/mol. The Kier molecular flexibility index (Phi) is 9.31. The first kappa shape index (κ1) is 9.36. The van der Waals surface area contributed by atoms with Gasteiger partial charge in [-0.05, 0) is 0 Å². The Labute approximate surface area is 44.3 Å². The fourth-order valence-electron chi connectivity index (χ4n) is 0.